The molecular weight excluding hydrogens is 336 g/mol. The van der Waals surface area contributed by atoms with Crippen LogP contribution in [0.15, 0.2) is 12.3 Å². The topological polar surface area (TPSA) is 47.9 Å². The maximum Gasteiger partial charge on any atom is 0.193 e. The van der Waals surface area contributed by atoms with Gasteiger partial charge in [0, 0.05) is 0 Å². The van der Waals surface area contributed by atoms with E-state index in [-0.39, 0.29) is 22.3 Å². The van der Waals surface area contributed by atoms with E-state index in [1.165, 1.54) is 0 Å². The van der Waals surface area contributed by atoms with E-state index < -0.39 is 22.7 Å². The first-order valence-corrected chi connectivity index (χ1v) is 14.7. The minimum Gasteiger partial charge on any atom is -0.493 e. The predicted octanol–water partition coefficient (Wildman–Crippen LogP) is 4.67. The number of aliphatic hydroxyl groups excluding tert-OH is 1. The van der Waals surface area contributed by atoms with Crippen molar-refractivity contribution in [2.45, 2.75) is 96.1 Å². The SMILES string of the molecule is CC(C)(C)[Si](C)(C)OC[C@H]1OC=C[C@H](O[Si](C)(C)C(C)(C)C)[C@@H]1O. The highest BCUT2D eigenvalue weighted by molar-refractivity contribution is 6.74. The van der Waals surface area contributed by atoms with Crippen molar-refractivity contribution in [3.8, 4) is 0 Å². The molecule has 6 heteroatoms. The number of hydrogen-bond donors (Lipinski definition) is 1. The van der Waals surface area contributed by atoms with Gasteiger partial charge >= 0.3 is 0 Å². The molecular formula is C18H38O4Si2. The largest absolute Gasteiger partial charge is 0.493 e. The van der Waals surface area contributed by atoms with Gasteiger partial charge in [-0.25, -0.2) is 0 Å². The Hall–Kier alpha value is -0.146. The zero-order chi connectivity index (χ0) is 19.0. The lowest BCUT2D eigenvalue weighted by Gasteiger charge is -2.42. The zero-order valence-electron chi connectivity index (χ0n) is 17.3. The van der Waals surface area contributed by atoms with Gasteiger partial charge in [-0.15, -0.1) is 0 Å². The lowest BCUT2D eigenvalue weighted by molar-refractivity contribution is -0.0749. The summed E-state index contributed by atoms with van der Waals surface area (Å²) in [5.41, 5.74) is 0. The normalized spacial score (nSPS) is 26.4. The Labute approximate surface area is 150 Å². The van der Waals surface area contributed by atoms with Crippen LogP contribution in [-0.2, 0) is 13.6 Å². The molecule has 3 atom stereocenters. The van der Waals surface area contributed by atoms with Gasteiger partial charge in [-0.05, 0) is 42.3 Å². The zero-order valence-corrected chi connectivity index (χ0v) is 19.3. The summed E-state index contributed by atoms with van der Waals surface area (Å²) in [4.78, 5) is 0. The Balaban J connectivity index is 2.74. The van der Waals surface area contributed by atoms with Gasteiger partial charge < -0.3 is 18.7 Å². The van der Waals surface area contributed by atoms with Crippen molar-refractivity contribution in [1.29, 1.82) is 0 Å². The standard InChI is InChI=1S/C18H38O4Si2/c1-17(2,3)23(7,8)21-13-15-16(19)14(11-12-20-15)22-24(9,10)18(4,5)6/h11-12,14-16,19H,13H2,1-10H3/t14-,15+,16-/m0/s1. The van der Waals surface area contributed by atoms with Gasteiger partial charge in [-0.3, -0.25) is 0 Å². The van der Waals surface area contributed by atoms with Crippen LogP contribution in [0.3, 0.4) is 0 Å². The van der Waals surface area contributed by atoms with Crippen LogP contribution in [0, 0.1) is 0 Å². The van der Waals surface area contributed by atoms with E-state index in [0.29, 0.717) is 6.61 Å². The number of rotatable bonds is 5. The fraction of sp³-hybridized carbons (Fsp3) is 0.889. The first-order chi connectivity index (χ1) is 10.6. The first-order valence-electron chi connectivity index (χ1n) is 8.90. The van der Waals surface area contributed by atoms with Gasteiger partial charge in [0.05, 0.1) is 19.0 Å². The molecule has 1 aliphatic rings. The van der Waals surface area contributed by atoms with E-state index in [4.69, 9.17) is 13.6 Å². The van der Waals surface area contributed by atoms with E-state index in [1.807, 2.05) is 6.08 Å². The van der Waals surface area contributed by atoms with E-state index in [9.17, 15) is 5.11 Å². The molecule has 0 bridgehead atoms. The second kappa shape index (κ2) is 7.23. The van der Waals surface area contributed by atoms with Gasteiger partial charge in [-0.1, -0.05) is 41.5 Å². The average molecular weight is 375 g/mol. The minimum absolute atomic E-state index is 0.103. The maximum atomic E-state index is 10.7. The summed E-state index contributed by atoms with van der Waals surface area (Å²) < 4.78 is 18.2. The summed E-state index contributed by atoms with van der Waals surface area (Å²) in [6.45, 7) is 22.4. The molecule has 142 valence electrons. The molecule has 0 aliphatic carbocycles. The quantitative estimate of drug-likeness (QED) is 0.710. The summed E-state index contributed by atoms with van der Waals surface area (Å²) >= 11 is 0. The molecule has 0 aromatic rings. The molecule has 0 spiro atoms. The molecule has 0 aromatic heterocycles. The molecule has 0 saturated carbocycles. The molecule has 24 heavy (non-hydrogen) atoms. The number of hydrogen-bond acceptors (Lipinski definition) is 4. The lowest BCUT2D eigenvalue weighted by Crippen LogP contribution is -2.52. The second-order valence-corrected chi connectivity index (χ2v) is 19.5. The molecule has 0 fully saturated rings. The molecule has 1 rings (SSSR count). The highest BCUT2D eigenvalue weighted by atomic mass is 28.4. The third-order valence-electron chi connectivity index (χ3n) is 5.89. The van der Waals surface area contributed by atoms with Crippen LogP contribution in [-0.4, -0.2) is 46.7 Å². The van der Waals surface area contributed by atoms with Crippen LogP contribution in [0.25, 0.3) is 0 Å². The van der Waals surface area contributed by atoms with Crippen LogP contribution in [0.1, 0.15) is 41.5 Å². The van der Waals surface area contributed by atoms with Crippen molar-refractivity contribution in [1.82, 2.24) is 0 Å². The van der Waals surface area contributed by atoms with E-state index in [1.54, 1.807) is 6.26 Å². The Morgan fingerprint density at radius 1 is 0.958 bits per heavy atom. The maximum absolute atomic E-state index is 10.7. The summed E-state index contributed by atoms with van der Waals surface area (Å²) in [5.74, 6) is 0. The van der Waals surface area contributed by atoms with Gasteiger partial charge in [-0.2, -0.15) is 0 Å². The Bertz CT molecular complexity index is 447. The molecule has 0 radical (unpaired) electrons. The van der Waals surface area contributed by atoms with Gasteiger partial charge in [0.2, 0.25) is 0 Å². The number of ether oxygens (including phenoxy) is 1. The second-order valence-electron chi connectivity index (χ2n) is 9.91. The highest BCUT2D eigenvalue weighted by Crippen LogP contribution is 2.39. The Morgan fingerprint density at radius 3 is 1.92 bits per heavy atom. The van der Waals surface area contributed by atoms with Crippen molar-refractivity contribution in [2.75, 3.05) is 6.61 Å². The summed E-state index contributed by atoms with van der Waals surface area (Å²) in [5, 5.41) is 11.0. The fourth-order valence-electron chi connectivity index (χ4n) is 1.90. The van der Waals surface area contributed by atoms with Crippen molar-refractivity contribution in [2.24, 2.45) is 0 Å². The van der Waals surface area contributed by atoms with Crippen LogP contribution in [0.2, 0.25) is 36.3 Å². The smallest absolute Gasteiger partial charge is 0.193 e. The van der Waals surface area contributed by atoms with E-state index in [0.717, 1.165) is 0 Å². The molecule has 0 saturated heterocycles. The van der Waals surface area contributed by atoms with Crippen LogP contribution in [0.5, 0.6) is 0 Å². The van der Waals surface area contributed by atoms with Crippen LogP contribution in [0.4, 0.5) is 0 Å². The average Bonchev–Trinajstić information content (AvgIpc) is 2.37. The van der Waals surface area contributed by atoms with Gasteiger partial charge in [0.15, 0.2) is 16.6 Å². The summed E-state index contributed by atoms with van der Waals surface area (Å²) in [7, 11) is -3.82. The summed E-state index contributed by atoms with van der Waals surface area (Å²) in [6, 6.07) is 0. The van der Waals surface area contributed by atoms with Gasteiger partial charge in [0.1, 0.15) is 12.2 Å². The molecule has 1 heterocycles. The third kappa shape index (κ3) is 5.18. The van der Waals surface area contributed by atoms with Crippen molar-refractivity contribution < 1.29 is 18.7 Å². The molecule has 1 aliphatic heterocycles. The van der Waals surface area contributed by atoms with Crippen molar-refractivity contribution in [3.05, 3.63) is 12.3 Å². The number of aliphatic hydroxyl groups is 1. The fourth-order valence-corrected chi connectivity index (χ4v) is 4.17. The predicted molar refractivity (Wildman–Crippen MR) is 105 cm³/mol. The third-order valence-corrected chi connectivity index (χ3v) is 14.9. The van der Waals surface area contributed by atoms with Gasteiger partial charge in [0.25, 0.3) is 0 Å². The van der Waals surface area contributed by atoms with Crippen molar-refractivity contribution in [3.63, 3.8) is 0 Å². The molecule has 0 unspecified atom stereocenters. The van der Waals surface area contributed by atoms with E-state index in [2.05, 4.69) is 67.7 Å². The molecule has 1 N–H and O–H groups in total. The van der Waals surface area contributed by atoms with Crippen LogP contribution >= 0.6 is 0 Å². The van der Waals surface area contributed by atoms with Crippen LogP contribution < -0.4 is 0 Å². The summed E-state index contributed by atoms with van der Waals surface area (Å²) in [6.07, 6.45) is 2.08. The molecule has 0 amide bonds. The lowest BCUT2D eigenvalue weighted by atomic mass is 10.1. The Kier molecular flexibility index (Phi) is 6.60. The highest BCUT2D eigenvalue weighted by Gasteiger charge is 2.43. The van der Waals surface area contributed by atoms with Crippen molar-refractivity contribution >= 4 is 16.6 Å². The monoisotopic (exact) mass is 374 g/mol. The first kappa shape index (κ1) is 21.9. The van der Waals surface area contributed by atoms with E-state index >= 15 is 0 Å². The molecule has 4 nitrogen and oxygen atoms in total. The molecule has 0 aromatic carbocycles. The Morgan fingerprint density at radius 2 is 1.46 bits per heavy atom. The minimum atomic E-state index is -1.95.